The minimum atomic E-state index is -0.555. The van der Waals surface area contributed by atoms with E-state index in [1.165, 1.54) is 19.0 Å². The Labute approximate surface area is 175 Å². The lowest BCUT2D eigenvalue weighted by Gasteiger charge is -2.25. The molecule has 0 unspecified atom stereocenters. The fourth-order valence-corrected chi connectivity index (χ4v) is 3.70. The van der Waals surface area contributed by atoms with Gasteiger partial charge in [0.15, 0.2) is 0 Å². The van der Waals surface area contributed by atoms with Gasteiger partial charge in [0.1, 0.15) is 11.9 Å². The molecule has 1 aromatic carbocycles. The number of nitrogens with two attached hydrogens (primary N) is 1. The van der Waals surface area contributed by atoms with Crippen LogP contribution in [0, 0.1) is 5.92 Å². The van der Waals surface area contributed by atoms with Gasteiger partial charge in [-0.3, -0.25) is 9.59 Å². The van der Waals surface area contributed by atoms with Crippen LogP contribution in [0.25, 0.3) is 0 Å². The Balaban J connectivity index is 1.47. The number of likely N-dealkylation sites (N-methyl/N-ethyl adjacent to an activating group) is 1. The van der Waals surface area contributed by atoms with Gasteiger partial charge in [-0.2, -0.15) is 4.98 Å². The number of anilines is 4. The Morgan fingerprint density at radius 3 is 2.63 bits per heavy atom. The van der Waals surface area contributed by atoms with Crippen molar-refractivity contribution in [1.82, 2.24) is 15.3 Å². The number of carbonyl (C=O) groups excluding carboxylic acids is 2. The Morgan fingerprint density at radius 1 is 1.20 bits per heavy atom. The first-order valence-corrected chi connectivity index (χ1v) is 10.3. The van der Waals surface area contributed by atoms with Gasteiger partial charge in [0.25, 0.3) is 5.91 Å². The van der Waals surface area contributed by atoms with Crippen LogP contribution in [0.5, 0.6) is 0 Å². The van der Waals surface area contributed by atoms with Crippen LogP contribution in [0.4, 0.5) is 23.1 Å². The highest BCUT2D eigenvalue weighted by Gasteiger charge is 2.30. The number of rotatable bonds is 8. The zero-order valence-corrected chi connectivity index (χ0v) is 17.0. The molecule has 5 N–H and O–H groups in total. The summed E-state index contributed by atoms with van der Waals surface area (Å²) in [6, 6.07) is 7.69. The summed E-state index contributed by atoms with van der Waals surface area (Å²) in [5, 5.41) is 9.12. The number of nitrogens with one attached hydrogen (secondary N) is 3. The number of nitrogens with zero attached hydrogens (tertiary/aromatic N) is 3. The SMILES string of the molecule is CNC(=O)[C@@H]1CCCN1c1ccc(Nc2ncc(C(N)=O)c(NCC3CC3)n2)cc1. The second-order valence-corrected chi connectivity index (χ2v) is 7.78. The monoisotopic (exact) mass is 409 g/mol. The quantitative estimate of drug-likeness (QED) is 0.524. The largest absolute Gasteiger partial charge is 0.369 e. The van der Waals surface area contributed by atoms with Crippen LogP contribution >= 0.6 is 0 Å². The number of primary amides is 1. The van der Waals surface area contributed by atoms with Crippen molar-refractivity contribution in [3.8, 4) is 0 Å². The van der Waals surface area contributed by atoms with E-state index in [2.05, 4.69) is 30.8 Å². The van der Waals surface area contributed by atoms with Gasteiger partial charge in [0.05, 0.1) is 5.56 Å². The Hall–Kier alpha value is -3.36. The van der Waals surface area contributed by atoms with E-state index < -0.39 is 5.91 Å². The van der Waals surface area contributed by atoms with Crippen LogP contribution in [-0.4, -0.2) is 48.0 Å². The lowest BCUT2D eigenvalue weighted by Crippen LogP contribution is -2.41. The maximum Gasteiger partial charge on any atom is 0.254 e. The normalized spacial score (nSPS) is 18.2. The number of amides is 2. The first kappa shape index (κ1) is 19.9. The second-order valence-electron chi connectivity index (χ2n) is 7.78. The molecule has 9 heteroatoms. The minimum absolute atomic E-state index is 0.0452. The molecule has 0 spiro atoms. The highest BCUT2D eigenvalue weighted by atomic mass is 16.2. The molecule has 0 radical (unpaired) electrons. The molecular weight excluding hydrogens is 382 g/mol. The van der Waals surface area contributed by atoms with E-state index in [9.17, 15) is 9.59 Å². The molecule has 2 amide bonds. The summed E-state index contributed by atoms with van der Waals surface area (Å²) in [6.45, 7) is 1.63. The smallest absolute Gasteiger partial charge is 0.254 e. The molecule has 1 aliphatic carbocycles. The van der Waals surface area contributed by atoms with Crippen LogP contribution in [0.2, 0.25) is 0 Å². The van der Waals surface area contributed by atoms with Crippen molar-refractivity contribution in [3.05, 3.63) is 36.0 Å². The molecule has 158 valence electrons. The summed E-state index contributed by atoms with van der Waals surface area (Å²) in [6.07, 6.45) is 5.68. The summed E-state index contributed by atoms with van der Waals surface area (Å²) in [7, 11) is 1.67. The van der Waals surface area contributed by atoms with Crippen molar-refractivity contribution in [2.75, 3.05) is 35.7 Å². The minimum Gasteiger partial charge on any atom is -0.369 e. The van der Waals surface area contributed by atoms with Gasteiger partial charge in [-0.1, -0.05) is 0 Å². The molecule has 2 aliphatic rings. The van der Waals surface area contributed by atoms with E-state index in [1.54, 1.807) is 7.05 Å². The van der Waals surface area contributed by atoms with Crippen molar-refractivity contribution < 1.29 is 9.59 Å². The molecule has 1 aliphatic heterocycles. The van der Waals surface area contributed by atoms with Gasteiger partial charge in [0, 0.05) is 37.7 Å². The molecule has 4 rings (SSSR count). The molecule has 2 aromatic rings. The van der Waals surface area contributed by atoms with Gasteiger partial charge < -0.3 is 26.6 Å². The zero-order chi connectivity index (χ0) is 21.1. The maximum atomic E-state index is 12.1. The van der Waals surface area contributed by atoms with Crippen LogP contribution in [0.1, 0.15) is 36.0 Å². The van der Waals surface area contributed by atoms with Gasteiger partial charge >= 0.3 is 0 Å². The number of hydrogen-bond donors (Lipinski definition) is 4. The Bertz CT molecular complexity index is 927. The topological polar surface area (TPSA) is 125 Å². The van der Waals surface area contributed by atoms with Gasteiger partial charge in [0.2, 0.25) is 11.9 Å². The average Bonchev–Trinajstić information content (AvgIpc) is 3.46. The Morgan fingerprint density at radius 2 is 1.97 bits per heavy atom. The highest BCUT2D eigenvalue weighted by molar-refractivity contribution is 5.97. The summed E-state index contributed by atoms with van der Waals surface area (Å²) >= 11 is 0. The molecule has 1 aromatic heterocycles. The van der Waals surface area contributed by atoms with Gasteiger partial charge in [-0.05, 0) is 55.9 Å². The lowest BCUT2D eigenvalue weighted by atomic mass is 10.2. The van der Waals surface area contributed by atoms with Gasteiger partial charge in [-0.25, -0.2) is 4.98 Å². The van der Waals surface area contributed by atoms with Gasteiger partial charge in [-0.15, -0.1) is 0 Å². The molecule has 0 bridgehead atoms. The van der Waals surface area contributed by atoms with Crippen LogP contribution in [0.15, 0.2) is 30.5 Å². The third-order valence-corrected chi connectivity index (χ3v) is 5.57. The third kappa shape index (κ3) is 4.45. The molecule has 2 heterocycles. The average molecular weight is 409 g/mol. The first-order chi connectivity index (χ1) is 14.5. The standard InChI is InChI=1S/C21H27N7O2/c1-23-20(30)17-3-2-10-28(17)15-8-6-14(7-9-15)26-21-25-12-16(18(22)29)19(27-21)24-11-13-4-5-13/h6-9,12-13,17H,2-5,10-11H2,1H3,(H2,22,29)(H,23,30)(H2,24,25,26,27)/t17-/m0/s1. The van der Waals surface area contributed by atoms with Crippen molar-refractivity contribution in [2.45, 2.75) is 31.7 Å². The van der Waals surface area contributed by atoms with E-state index >= 15 is 0 Å². The maximum absolute atomic E-state index is 12.1. The highest BCUT2D eigenvalue weighted by Crippen LogP contribution is 2.30. The molecule has 9 nitrogen and oxygen atoms in total. The van der Waals surface area contributed by atoms with Crippen LogP contribution in [-0.2, 0) is 4.79 Å². The summed E-state index contributed by atoms with van der Waals surface area (Å²) in [4.78, 5) is 34.5. The molecule has 1 saturated heterocycles. The fraction of sp³-hybridized carbons (Fsp3) is 0.429. The first-order valence-electron chi connectivity index (χ1n) is 10.3. The van der Waals surface area contributed by atoms with E-state index in [-0.39, 0.29) is 17.5 Å². The van der Waals surface area contributed by atoms with Crippen molar-refractivity contribution in [1.29, 1.82) is 0 Å². The van der Waals surface area contributed by atoms with Crippen LogP contribution < -0.4 is 26.6 Å². The number of carbonyl (C=O) groups is 2. The summed E-state index contributed by atoms with van der Waals surface area (Å²) in [5.41, 5.74) is 7.55. The third-order valence-electron chi connectivity index (χ3n) is 5.57. The van der Waals surface area contributed by atoms with Crippen molar-refractivity contribution in [3.63, 3.8) is 0 Å². The molecular formula is C21H27N7O2. The number of aromatic nitrogens is 2. The predicted octanol–water partition coefficient (Wildman–Crippen LogP) is 1.86. The van der Waals surface area contributed by atoms with Crippen molar-refractivity contribution in [2.24, 2.45) is 11.7 Å². The van der Waals surface area contributed by atoms with Crippen LogP contribution in [0.3, 0.4) is 0 Å². The summed E-state index contributed by atoms with van der Waals surface area (Å²) in [5.74, 6) is 0.961. The van der Waals surface area contributed by atoms with E-state index in [0.29, 0.717) is 17.7 Å². The molecule has 2 fully saturated rings. The van der Waals surface area contributed by atoms with E-state index in [1.807, 2.05) is 24.3 Å². The zero-order valence-electron chi connectivity index (χ0n) is 17.0. The second kappa shape index (κ2) is 8.56. The molecule has 30 heavy (non-hydrogen) atoms. The van der Waals surface area contributed by atoms with E-state index in [4.69, 9.17) is 5.73 Å². The molecule has 1 atom stereocenters. The number of benzene rings is 1. The lowest BCUT2D eigenvalue weighted by molar-refractivity contribution is -0.121. The van der Waals surface area contributed by atoms with Crippen molar-refractivity contribution >= 4 is 35.0 Å². The fourth-order valence-electron chi connectivity index (χ4n) is 3.70. The Kier molecular flexibility index (Phi) is 5.69. The van der Waals surface area contributed by atoms with E-state index in [0.717, 1.165) is 37.3 Å². The number of hydrogen-bond acceptors (Lipinski definition) is 7. The summed E-state index contributed by atoms with van der Waals surface area (Å²) < 4.78 is 0. The molecule has 1 saturated carbocycles. The predicted molar refractivity (Wildman–Crippen MR) is 116 cm³/mol.